The molecular formula is C15H23N5. The molecule has 2 aromatic heterocycles. The summed E-state index contributed by atoms with van der Waals surface area (Å²) in [5.74, 6) is 2.59. The highest BCUT2D eigenvalue weighted by atomic mass is 15.1. The Morgan fingerprint density at radius 3 is 2.50 bits per heavy atom. The number of hydrogen-bond acceptors (Lipinski definition) is 4. The fourth-order valence-corrected chi connectivity index (χ4v) is 2.09. The van der Waals surface area contributed by atoms with Crippen molar-refractivity contribution in [2.75, 3.05) is 12.4 Å². The van der Waals surface area contributed by atoms with Crippen molar-refractivity contribution in [2.24, 2.45) is 0 Å². The summed E-state index contributed by atoms with van der Waals surface area (Å²) in [7, 11) is 1.89. The summed E-state index contributed by atoms with van der Waals surface area (Å²) in [5.41, 5.74) is 1.83. The smallest absolute Gasteiger partial charge is 0.159 e. The fourth-order valence-electron chi connectivity index (χ4n) is 2.09. The number of aromatic nitrogens is 4. The quantitative estimate of drug-likeness (QED) is 0.934. The van der Waals surface area contributed by atoms with Crippen molar-refractivity contribution in [1.29, 1.82) is 0 Å². The van der Waals surface area contributed by atoms with E-state index in [-0.39, 0.29) is 5.41 Å². The third kappa shape index (κ3) is 2.53. The van der Waals surface area contributed by atoms with E-state index in [2.05, 4.69) is 47.5 Å². The Morgan fingerprint density at radius 2 is 1.95 bits per heavy atom. The van der Waals surface area contributed by atoms with Crippen molar-refractivity contribution in [2.45, 2.75) is 46.6 Å². The van der Waals surface area contributed by atoms with Crippen molar-refractivity contribution in [3.05, 3.63) is 23.8 Å². The van der Waals surface area contributed by atoms with Gasteiger partial charge in [-0.15, -0.1) is 0 Å². The van der Waals surface area contributed by atoms with E-state index in [1.807, 2.05) is 26.4 Å². The number of imidazole rings is 1. The molecule has 0 saturated carbocycles. The minimum absolute atomic E-state index is 0.0995. The van der Waals surface area contributed by atoms with Gasteiger partial charge < -0.3 is 9.88 Å². The summed E-state index contributed by atoms with van der Waals surface area (Å²) in [5, 5.41) is 3.16. The largest absolute Gasteiger partial charge is 0.373 e. The first-order valence-electron chi connectivity index (χ1n) is 6.96. The lowest BCUT2D eigenvalue weighted by Gasteiger charge is -2.20. The first-order valence-corrected chi connectivity index (χ1v) is 6.96. The normalized spacial score (nSPS) is 11.7. The summed E-state index contributed by atoms with van der Waals surface area (Å²) in [6.07, 6.45) is 3.79. The van der Waals surface area contributed by atoms with Gasteiger partial charge in [0, 0.05) is 37.0 Å². The van der Waals surface area contributed by atoms with Crippen molar-refractivity contribution in [3.63, 3.8) is 0 Å². The van der Waals surface area contributed by atoms with Crippen LogP contribution in [0.2, 0.25) is 0 Å². The molecule has 0 unspecified atom stereocenters. The number of hydrogen-bond donors (Lipinski definition) is 1. The zero-order chi connectivity index (χ0) is 14.9. The average molecular weight is 273 g/mol. The molecule has 0 aromatic carbocycles. The Bertz CT molecular complexity index is 607. The van der Waals surface area contributed by atoms with E-state index in [1.165, 1.54) is 0 Å². The topological polar surface area (TPSA) is 55.6 Å². The highest BCUT2D eigenvalue weighted by molar-refractivity contribution is 5.63. The molecule has 0 aliphatic heterocycles. The highest BCUT2D eigenvalue weighted by Crippen LogP contribution is 2.28. The lowest BCUT2D eigenvalue weighted by Crippen LogP contribution is -2.19. The second-order valence-electron chi connectivity index (χ2n) is 5.91. The SMILES string of the molecule is CCn1ccnc1-c1nc(C(C)(C)C)nc(NC)c1C. The van der Waals surface area contributed by atoms with E-state index < -0.39 is 0 Å². The molecule has 0 spiro atoms. The van der Waals surface area contributed by atoms with Crippen molar-refractivity contribution in [3.8, 4) is 11.5 Å². The van der Waals surface area contributed by atoms with Gasteiger partial charge in [0.25, 0.3) is 0 Å². The van der Waals surface area contributed by atoms with Crippen LogP contribution in [0.3, 0.4) is 0 Å². The van der Waals surface area contributed by atoms with Gasteiger partial charge in [0.2, 0.25) is 0 Å². The lowest BCUT2D eigenvalue weighted by molar-refractivity contribution is 0.545. The van der Waals surface area contributed by atoms with Gasteiger partial charge in [-0.2, -0.15) is 0 Å². The third-order valence-electron chi connectivity index (χ3n) is 3.32. The van der Waals surface area contributed by atoms with Gasteiger partial charge in [-0.05, 0) is 13.8 Å². The molecule has 0 fully saturated rings. The minimum atomic E-state index is -0.0995. The average Bonchev–Trinajstić information content (AvgIpc) is 2.85. The first kappa shape index (κ1) is 14.5. The number of anilines is 1. The first-order chi connectivity index (χ1) is 9.38. The van der Waals surface area contributed by atoms with Crippen LogP contribution in [0, 0.1) is 6.92 Å². The summed E-state index contributed by atoms with van der Waals surface area (Å²) >= 11 is 0. The maximum absolute atomic E-state index is 4.77. The van der Waals surface area contributed by atoms with Gasteiger partial charge in [-0.3, -0.25) is 0 Å². The molecule has 0 amide bonds. The van der Waals surface area contributed by atoms with Gasteiger partial charge in [0.05, 0.1) is 0 Å². The van der Waals surface area contributed by atoms with Crippen LogP contribution in [0.15, 0.2) is 12.4 Å². The molecule has 0 saturated heterocycles. The van der Waals surface area contributed by atoms with Crippen LogP contribution in [0.5, 0.6) is 0 Å². The van der Waals surface area contributed by atoms with Crippen LogP contribution in [0.1, 0.15) is 39.1 Å². The molecule has 0 atom stereocenters. The molecule has 0 aliphatic rings. The van der Waals surface area contributed by atoms with E-state index in [1.54, 1.807) is 0 Å². The van der Waals surface area contributed by atoms with E-state index in [0.29, 0.717) is 0 Å². The molecule has 5 nitrogen and oxygen atoms in total. The van der Waals surface area contributed by atoms with Crippen LogP contribution < -0.4 is 5.32 Å². The molecule has 0 radical (unpaired) electrons. The molecule has 1 N–H and O–H groups in total. The van der Waals surface area contributed by atoms with Gasteiger partial charge in [-0.25, -0.2) is 15.0 Å². The zero-order valence-electron chi connectivity index (χ0n) is 13.2. The number of nitrogens with one attached hydrogen (secondary N) is 1. The van der Waals surface area contributed by atoms with Crippen LogP contribution in [-0.4, -0.2) is 26.6 Å². The minimum Gasteiger partial charge on any atom is -0.373 e. The number of aryl methyl sites for hydroxylation is 1. The molecule has 2 rings (SSSR count). The van der Waals surface area contributed by atoms with Crippen molar-refractivity contribution >= 4 is 5.82 Å². The monoisotopic (exact) mass is 273 g/mol. The van der Waals surface area contributed by atoms with Gasteiger partial charge >= 0.3 is 0 Å². The molecular weight excluding hydrogens is 250 g/mol. The Balaban J connectivity index is 2.69. The van der Waals surface area contributed by atoms with Gasteiger partial charge in [-0.1, -0.05) is 20.8 Å². The van der Waals surface area contributed by atoms with Crippen LogP contribution in [0.25, 0.3) is 11.5 Å². The predicted octanol–water partition coefficient (Wildman–Crippen LogP) is 3.01. The molecule has 2 heterocycles. The van der Waals surface area contributed by atoms with E-state index in [4.69, 9.17) is 4.98 Å². The molecule has 0 aliphatic carbocycles. The van der Waals surface area contributed by atoms with Gasteiger partial charge in [0.15, 0.2) is 5.82 Å². The molecule has 20 heavy (non-hydrogen) atoms. The van der Waals surface area contributed by atoms with Crippen molar-refractivity contribution < 1.29 is 0 Å². The maximum Gasteiger partial charge on any atom is 0.159 e. The molecule has 108 valence electrons. The second kappa shape index (κ2) is 5.23. The van der Waals surface area contributed by atoms with E-state index in [0.717, 1.165) is 35.3 Å². The third-order valence-corrected chi connectivity index (χ3v) is 3.32. The molecule has 0 bridgehead atoms. The van der Waals surface area contributed by atoms with Crippen LogP contribution in [0.4, 0.5) is 5.82 Å². The summed E-state index contributed by atoms with van der Waals surface area (Å²) in [6, 6.07) is 0. The Morgan fingerprint density at radius 1 is 1.25 bits per heavy atom. The Hall–Kier alpha value is -1.91. The summed E-state index contributed by atoms with van der Waals surface area (Å²) in [4.78, 5) is 13.9. The fraction of sp³-hybridized carbons (Fsp3) is 0.533. The van der Waals surface area contributed by atoms with E-state index in [9.17, 15) is 0 Å². The van der Waals surface area contributed by atoms with E-state index >= 15 is 0 Å². The maximum atomic E-state index is 4.77. The van der Waals surface area contributed by atoms with Crippen LogP contribution in [-0.2, 0) is 12.0 Å². The molecule has 5 heteroatoms. The predicted molar refractivity (Wildman–Crippen MR) is 81.9 cm³/mol. The van der Waals surface area contributed by atoms with Crippen LogP contribution >= 0.6 is 0 Å². The highest BCUT2D eigenvalue weighted by Gasteiger charge is 2.22. The Labute approximate surface area is 120 Å². The Kier molecular flexibility index (Phi) is 3.79. The van der Waals surface area contributed by atoms with Gasteiger partial charge in [0.1, 0.15) is 17.3 Å². The molecule has 2 aromatic rings. The standard InChI is InChI=1S/C15H23N5/c1-7-20-9-8-17-13(20)11-10(2)12(16-6)19-14(18-11)15(3,4)5/h8-9H,7H2,1-6H3,(H,16,18,19). The zero-order valence-corrected chi connectivity index (χ0v) is 13.2. The van der Waals surface area contributed by atoms with Crippen molar-refractivity contribution in [1.82, 2.24) is 19.5 Å². The second-order valence-corrected chi connectivity index (χ2v) is 5.91. The summed E-state index contributed by atoms with van der Waals surface area (Å²) in [6.45, 7) is 11.4. The summed E-state index contributed by atoms with van der Waals surface area (Å²) < 4.78 is 2.10. The number of nitrogens with zero attached hydrogens (tertiary/aromatic N) is 4. The lowest BCUT2D eigenvalue weighted by atomic mass is 9.95. The number of rotatable bonds is 3.